The van der Waals surface area contributed by atoms with E-state index in [-0.39, 0.29) is 17.1 Å². The van der Waals surface area contributed by atoms with Gasteiger partial charge in [0.25, 0.3) is 5.91 Å². The zero-order valence-corrected chi connectivity index (χ0v) is 18.3. The Kier molecular flexibility index (Phi) is 4.64. The number of allylic oxidation sites excluding steroid dienone is 2. The number of pyridine rings is 1. The Bertz CT molecular complexity index is 1160. The van der Waals surface area contributed by atoms with Crippen LogP contribution in [0.4, 0.5) is 0 Å². The highest BCUT2D eigenvalue weighted by molar-refractivity contribution is 6.32. The van der Waals surface area contributed by atoms with Crippen LogP contribution in [0.15, 0.2) is 59.7 Å². The van der Waals surface area contributed by atoms with Crippen LogP contribution in [0.1, 0.15) is 37.2 Å². The number of hydrogen-bond donors (Lipinski definition) is 1. The predicted octanol–water partition coefficient (Wildman–Crippen LogP) is 3.43. The van der Waals surface area contributed by atoms with Crippen LogP contribution in [0.2, 0.25) is 5.02 Å². The fourth-order valence-electron chi connectivity index (χ4n) is 3.85. The summed E-state index contributed by atoms with van der Waals surface area (Å²) in [4.78, 5) is 17.5. The number of carbonyl (C=O) groups excluding carboxylic acids is 1. The zero-order chi connectivity index (χ0) is 21.8. The number of methoxy groups -OCH3 is 1. The molecule has 2 aromatic heterocycles. The smallest absolute Gasteiger partial charge is 0.274 e. The maximum absolute atomic E-state index is 13.3. The minimum Gasteiger partial charge on any atom is -0.480 e. The standard InChI is InChI=1S/C22H23ClN6O2/c1-14-11-15-6-10-28(22(2)7-8-22)27(15)13-17(14)25-21(30)18-12-19(31-3)26-29(18)20-16(23)5-4-9-24-20/h4-6,9,11-13H,7-8,10H2,1-3H3,(H,25,30). The molecule has 31 heavy (non-hydrogen) atoms. The Labute approximate surface area is 185 Å². The lowest BCUT2D eigenvalue weighted by molar-refractivity contribution is 0.0339. The van der Waals surface area contributed by atoms with Crippen LogP contribution in [0.25, 0.3) is 5.82 Å². The van der Waals surface area contributed by atoms with Crippen LogP contribution in [0.5, 0.6) is 5.88 Å². The van der Waals surface area contributed by atoms with Crippen LogP contribution in [0.3, 0.4) is 0 Å². The van der Waals surface area contributed by atoms with Gasteiger partial charge >= 0.3 is 0 Å². The van der Waals surface area contributed by atoms with Gasteiger partial charge in [0.15, 0.2) is 5.82 Å². The minimum atomic E-state index is -0.327. The second kappa shape index (κ2) is 7.25. The Balaban J connectivity index is 1.45. The number of amides is 1. The summed E-state index contributed by atoms with van der Waals surface area (Å²) >= 11 is 6.29. The van der Waals surface area contributed by atoms with E-state index in [1.807, 2.05) is 13.1 Å². The normalized spacial score (nSPS) is 19.4. The molecule has 0 radical (unpaired) electrons. The zero-order valence-electron chi connectivity index (χ0n) is 17.6. The Hall–Kier alpha value is -3.10. The van der Waals surface area contributed by atoms with Gasteiger partial charge in [-0.3, -0.25) is 9.80 Å². The lowest BCUT2D eigenvalue weighted by atomic mass is 10.1. The number of ether oxygens (including phenoxy) is 1. The Morgan fingerprint density at radius 1 is 1.35 bits per heavy atom. The third-order valence-corrected chi connectivity index (χ3v) is 6.25. The van der Waals surface area contributed by atoms with Gasteiger partial charge in [0.1, 0.15) is 5.69 Å². The summed E-state index contributed by atoms with van der Waals surface area (Å²) in [6, 6.07) is 4.99. The molecule has 9 heteroatoms. The SMILES string of the molecule is COc1cc(C(=O)NC2=CN3C(=CCN3C3(C)CC3)C=C2C)n(-c2ncccc2Cl)n1. The van der Waals surface area contributed by atoms with Crippen molar-refractivity contribution in [1.29, 1.82) is 0 Å². The Morgan fingerprint density at radius 3 is 2.87 bits per heavy atom. The molecule has 1 aliphatic carbocycles. The number of rotatable bonds is 5. The molecule has 2 aliphatic heterocycles. The van der Waals surface area contributed by atoms with Gasteiger partial charge in [-0.15, -0.1) is 5.10 Å². The van der Waals surface area contributed by atoms with E-state index in [1.54, 1.807) is 24.4 Å². The van der Waals surface area contributed by atoms with E-state index in [9.17, 15) is 4.79 Å². The van der Waals surface area contributed by atoms with Gasteiger partial charge in [-0.1, -0.05) is 11.6 Å². The number of hydrogen-bond acceptors (Lipinski definition) is 6. The van der Waals surface area contributed by atoms with Crippen molar-refractivity contribution >= 4 is 17.5 Å². The number of fused-ring (bicyclic) bond motifs is 1. The van der Waals surface area contributed by atoms with Gasteiger partial charge in [0, 0.05) is 30.5 Å². The van der Waals surface area contributed by atoms with Crippen LogP contribution < -0.4 is 10.1 Å². The van der Waals surface area contributed by atoms with Crippen LogP contribution >= 0.6 is 11.6 Å². The van der Waals surface area contributed by atoms with Crippen molar-refractivity contribution in [3.63, 3.8) is 0 Å². The summed E-state index contributed by atoms with van der Waals surface area (Å²) in [5, 5.41) is 12.2. The number of halogens is 1. The van der Waals surface area contributed by atoms with Gasteiger partial charge in [-0.05, 0) is 56.5 Å². The second-order valence-corrected chi connectivity index (χ2v) is 8.58. The monoisotopic (exact) mass is 438 g/mol. The van der Waals surface area contributed by atoms with E-state index >= 15 is 0 Å². The summed E-state index contributed by atoms with van der Waals surface area (Å²) in [5.41, 5.74) is 3.31. The van der Waals surface area contributed by atoms with Gasteiger partial charge in [-0.25, -0.2) is 14.7 Å². The molecule has 1 amide bonds. The summed E-state index contributed by atoms with van der Waals surface area (Å²) in [6.07, 6.45) is 10.2. The molecule has 1 saturated carbocycles. The van der Waals surface area contributed by atoms with Crippen molar-refractivity contribution < 1.29 is 9.53 Å². The number of nitrogens with zero attached hydrogens (tertiary/aromatic N) is 5. The minimum absolute atomic E-state index is 0.185. The first kappa shape index (κ1) is 19.8. The van der Waals surface area contributed by atoms with Crippen LogP contribution in [-0.4, -0.2) is 49.9 Å². The first-order chi connectivity index (χ1) is 14.9. The van der Waals surface area contributed by atoms with Crippen molar-refractivity contribution in [3.05, 3.63) is 70.4 Å². The van der Waals surface area contributed by atoms with E-state index in [1.165, 1.54) is 24.6 Å². The predicted molar refractivity (Wildman–Crippen MR) is 116 cm³/mol. The van der Waals surface area contributed by atoms with E-state index in [0.29, 0.717) is 16.7 Å². The molecule has 3 aliphatic rings. The summed E-state index contributed by atoms with van der Waals surface area (Å²) in [6.45, 7) is 5.12. The molecule has 0 saturated heterocycles. The molecule has 0 spiro atoms. The van der Waals surface area contributed by atoms with Crippen LogP contribution in [0, 0.1) is 0 Å². The van der Waals surface area contributed by atoms with Gasteiger partial charge in [-0.2, -0.15) is 0 Å². The van der Waals surface area contributed by atoms with Crippen LogP contribution in [-0.2, 0) is 0 Å². The van der Waals surface area contributed by atoms with E-state index in [4.69, 9.17) is 16.3 Å². The van der Waals surface area contributed by atoms with Gasteiger partial charge < -0.3 is 10.1 Å². The first-order valence-electron chi connectivity index (χ1n) is 10.1. The first-order valence-corrected chi connectivity index (χ1v) is 10.5. The molecule has 0 unspecified atom stereocenters. The fourth-order valence-corrected chi connectivity index (χ4v) is 4.05. The highest BCUT2D eigenvalue weighted by Crippen LogP contribution is 2.45. The third-order valence-electron chi connectivity index (χ3n) is 5.95. The molecule has 8 nitrogen and oxygen atoms in total. The fraction of sp³-hybridized carbons (Fsp3) is 0.318. The molecule has 2 aromatic rings. The number of hydrazine groups is 1. The third kappa shape index (κ3) is 3.41. The average Bonchev–Trinajstić information content (AvgIpc) is 3.17. The molecule has 1 N–H and O–H groups in total. The maximum atomic E-state index is 13.3. The van der Waals surface area contributed by atoms with Crippen molar-refractivity contribution in [1.82, 2.24) is 30.1 Å². The highest BCUT2D eigenvalue weighted by atomic mass is 35.5. The van der Waals surface area contributed by atoms with E-state index in [2.05, 4.69) is 44.5 Å². The van der Waals surface area contributed by atoms with E-state index in [0.717, 1.165) is 23.5 Å². The summed E-state index contributed by atoms with van der Waals surface area (Å²) in [5.74, 6) is 0.335. The molecular weight excluding hydrogens is 416 g/mol. The number of nitrogens with one attached hydrogen (secondary N) is 1. The number of aromatic nitrogens is 3. The van der Waals surface area contributed by atoms with E-state index < -0.39 is 0 Å². The Morgan fingerprint density at radius 2 is 2.16 bits per heavy atom. The van der Waals surface area contributed by atoms with Gasteiger partial charge in [0.05, 0.1) is 23.5 Å². The number of carbonyl (C=O) groups is 1. The second-order valence-electron chi connectivity index (χ2n) is 8.17. The molecular formula is C22H23ClN6O2. The lowest BCUT2D eigenvalue weighted by Crippen LogP contribution is -2.43. The van der Waals surface area contributed by atoms with Crippen molar-refractivity contribution in [2.75, 3.05) is 13.7 Å². The summed E-state index contributed by atoms with van der Waals surface area (Å²) in [7, 11) is 1.50. The topological polar surface area (TPSA) is 75.5 Å². The summed E-state index contributed by atoms with van der Waals surface area (Å²) < 4.78 is 6.64. The molecule has 0 aromatic carbocycles. The molecule has 160 valence electrons. The highest BCUT2D eigenvalue weighted by Gasteiger charge is 2.47. The maximum Gasteiger partial charge on any atom is 0.274 e. The van der Waals surface area contributed by atoms with Crippen molar-refractivity contribution in [2.45, 2.75) is 32.2 Å². The largest absolute Gasteiger partial charge is 0.480 e. The quantitative estimate of drug-likeness (QED) is 0.770. The van der Waals surface area contributed by atoms with Crippen molar-refractivity contribution in [2.24, 2.45) is 0 Å². The molecule has 1 fully saturated rings. The molecule has 0 bridgehead atoms. The molecule has 0 atom stereocenters. The average molecular weight is 439 g/mol. The van der Waals surface area contributed by atoms with Crippen molar-refractivity contribution in [3.8, 4) is 11.7 Å². The molecule has 4 heterocycles. The lowest BCUT2D eigenvalue weighted by Gasteiger charge is -2.36. The van der Waals surface area contributed by atoms with Gasteiger partial charge in [0.2, 0.25) is 5.88 Å². The molecule has 5 rings (SSSR count).